The summed E-state index contributed by atoms with van der Waals surface area (Å²) in [4.78, 5) is 23.9. The van der Waals surface area contributed by atoms with Gasteiger partial charge in [0.15, 0.2) is 6.29 Å². The molecule has 2 aliphatic heterocycles. The van der Waals surface area contributed by atoms with Gasteiger partial charge in [0.25, 0.3) is 0 Å². The molecule has 0 radical (unpaired) electrons. The van der Waals surface area contributed by atoms with Gasteiger partial charge in [0.2, 0.25) is 6.29 Å². The zero-order chi connectivity index (χ0) is 21.7. The highest BCUT2D eigenvalue weighted by Gasteiger charge is 2.46. The van der Waals surface area contributed by atoms with Crippen molar-refractivity contribution in [2.75, 3.05) is 20.8 Å². The molecule has 0 aromatic carbocycles. The lowest BCUT2D eigenvalue weighted by molar-refractivity contribution is -0.327. The van der Waals surface area contributed by atoms with Crippen LogP contribution < -0.4 is 0 Å². The summed E-state index contributed by atoms with van der Waals surface area (Å²) in [7, 11) is 2.39. The van der Waals surface area contributed by atoms with Gasteiger partial charge in [0, 0.05) is 11.5 Å². The van der Waals surface area contributed by atoms with E-state index in [9.17, 15) is 30.0 Å². The molecule has 2 aliphatic rings. The Kier molecular flexibility index (Phi) is 8.14. The maximum Gasteiger partial charge on any atom is 0.337 e. The molecule has 2 rings (SSSR count). The fourth-order valence-corrected chi connectivity index (χ4v) is 3.18. The summed E-state index contributed by atoms with van der Waals surface area (Å²) >= 11 is 0. The van der Waals surface area contributed by atoms with E-state index in [2.05, 4.69) is 4.74 Å². The number of carbonyl (C=O) groups is 2. The molecule has 1 fully saturated rings. The van der Waals surface area contributed by atoms with Crippen LogP contribution in [0.5, 0.6) is 0 Å². The van der Waals surface area contributed by atoms with E-state index >= 15 is 0 Å². The molecular weight excluding hydrogens is 392 g/mol. The summed E-state index contributed by atoms with van der Waals surface area (Å²) in [5.41, 5.74) is 0.426. The topological polar surface area (TPSA) is 161 Å². The van der Waals surface area contributed by atoms with Crippen LogP contribution in [-0.4, -0.2) is 90.2 Å². The fraction of sp³-hybridized carbons (Fsp3) is 0.667. The van der Waals surface area contributed by atoms with Crippen LogP contribution in [-0.2, 0) is 33.3 Å². The molecule has 0 amide bonds. The van der Waals surface area contributed by atoms with Crippen molar-refractivity contribution in [1.82, 2.24) is 0 Å². The quantitative estimate of drug-likeness (QED) is 0.289. The largest absolute Gasteiger partial charge is 0.469 e. The summed E-state index contributed by atoms with van der Waals surface area (Å²) in [6.07, 6.45) is -6.17. The normalized spacial score (nSPS) is 36.2. The van der Waals surface area contributed by atoms with E-state index in [1.54, 1.807) is 13.0 Å². The predicted molar refractivity (Wildman–Crippen MR) is 93.7 cm³/mol. The summed E-state index contributed by atoms with van der Waals surface area (Å²) < 4.78 is 25.8. The molecule has 4 N–H and O–H groups in total. The van der Waals surface area contributed by atoms with Gasteiger partial charge in [-0.2, -0.15) is 0 Å². The molecule has 29 heavy (non-hydrogen) atoms. The van der Waals surface area contributed by atoms with E-state index in [-0.39, 0.29) is 12.0 Å². The van der Waals surface area contributed by atoms with E-state index < -0.39 is 61.5 Å². The number of esters is 2. The van der Waals surface area contributed by atoms with Crippen LogP contribution in [0.4, 0.5) is 0 Å². The number of hydrogen-bond donors (Lipinski definition) is 4. The van der Waals surface area contributed by atoms with Gasteiger partial charge in [-0.15, -0.1) is 0 Å². The van der Waals surface area contributed by atoms with Gasteiger partial charge < -0.3 is 44.1 Å². The smallest absolute Gasteiger partial charge is 0.337 e. The minimum atomic E-state index is -1.64. The number of carbonyl (C=O) groups excluding carboxylic acids is 2. The maximum atomic E-state index is 12.1. The Bertz CT molecular complexity index is 656. The number of methoxy groups -OCH3 is 2. The summed E-state index contributed by atoms with van der Waals surface area (Å²) in [5.74, 6) is -2.08. The molecule has 1 saturated heterocycles. The summed E-state index contributed by atoms with van der Waals surface area (Å²) in [6, 6.07) is 0. The number of hydrogen-bond acceptors (Lipinski definition) is 11. The van der Waals surface area contributed by atoms with Crippen molar-refractivity contribution in [1.29, 1.82) is 0 Å². The first-order valence-corrected chi connectivity index (χ1v) is 8.91. The molecule has 11 nitrogen and oxygen atoms in total. The number of ether oxygens (including phenoxy) is 5. The minimum absolute atomic E-state index is 0.0691. The van der Waals surface area contributed by atoms with E-state index in [1.807, 2.05) is 0 Å². The van der Waals surface area contributed by atoms with Crippen LogP contribution in [0.2, 0.25) is 0 Å². The van der Waals surface area contributed by atoms with E-state index in [1.165, 1.54) is 14.2 Å². The van der Waals surface area contributed by atoms with Crippen molar-refractivity contribution in [3.05, 3.63) is 23.5 Å². The average molecular weight is 418 g/mol. The molecule has 0 unspecified atom stereocenters. The van der Waals surface area contributed by atoms with Gasteiger partial charge in [-0.1, -0.05) is 6.08 Å². The van der Waals surface area contributed by atoms with Gasteiger partial charge in [0.05, 0.1) is 39.1 Å². The predicted octanol–water partition coefficient (Wildman–Crippen LogP) is -1.66. The lowest BCUT2D eigenvalue weighted by Crippen LogP contribution is -2.60. The Morgan fingerprint density at radius 1 is 1.14 bits per heavy atom. The molecule has 2 heterocycles. The Morgan fingerprint density at radius 3 is 2.38 bits per heavy atom. The van der Waals surface area contributed by atoms with E-state index in [0.717, 1.165) is 6.26 Å². The Balaban J connectivity index is 2.27. The highest BCUT2D eigenvalue weighted by molar-refractivity contribution is 5.90. The van der Waals surface area contributed by atoms with Crippen molar-refractivity contribution in [2.24, 2.45) is 5.92 Å². The first kappa shape index (κ1) is 23.3. The third-order valence-electron chi connectivity index (χ3n) is 4.83. The Morgan fingerprint density at radius 2 is 1.83 bits per heavy atom. The zero-order valence-corrected chi connectivity index (χ0v) is 16.3. The third kappa shape index (κ3) is 4.94. The van der Waals surface area contributed by atoms with Crippen LogP contribution in [0.1, 0.15) is 13.3 Å². The van der Waals surface area contributed by atoms with Crippen molar-refractivity contribution >= 4 is 11.9 Å². The molecule has 0 saturated carbocycles. The van der Waals surface area contributed by atoms with Gasteiger partial charge >= 0.3 is 11.9 Å². The van der Waals surface area contributed by atoms with Crippen LogP contribution >= 0.6 is 0 Å². The van der Waals surface area contributed by atoms with Crippen molar-refractivity contribution in [3.8, 4) is 0 Å². The Labute approximate surface area is 167 Å². The molecule has 0 spiro atoms. The van der Waals surface area contributed by atoms with E-state index in [4.69, 9.17) is 18.9 Å². The second-order valence-corrected chi connectivity index (χ2v) is 6.49. The number of allylic oxidation sites excluding steroid dienone is 1. The lowest BCUT2D eigenvalue weighted by atomic mass is 9.86. The number of aliphatic hydroxyl groups is 4. The highest BCUT2D eigenvalue weighted by atomic mass is 16.8. The third-order valence-corrected chi connectivity index (χ3v) is 4.83. The molecule has 0 aromatic heterocycles. The van der Waals surface area contributed by atoms with Crippen molar-refractivity contribution in [2.45, 2.75) is 50.3 Å². The summed E-state index contributed by atoms with van der Waals surface area (Å²) in [6.45, 7) is 1.01. The van der Waals surface area contributed by atoms with Gasteiger partial charge in [-0.25, -0.2) is 4.79 Å². The van der Waals surface area contributed by atoms with Crippen LogP contribution in [0.15, 0.2) is 23.5 Å². The minimum Gasteiger partial charge on any atom is -0.469 e. The van der Waals surface area contributed by atoms with Crippen molar-refractivity contribution < 1.29 is 53.7 Å². The Hall–Kier alpha value is -2.02. The first-order valence-electron chi connectivity index (χ1n) is 8.91. The molecule has 0 aromatic rings. The van der Waals surface area contributed by atoms with E-state index in [0.29, 0.717) is 5.57 Å². The standard InChI is InChI=1S/C18H26O11/c1-4-8-9(5-12(20)25-2)10(16(24)26-3)7-27-17(8)29-18-15(23)14(22)13(21)11(6-19)28-18/h4,7,9,11,13-15,17-19,21-23H,5-6H2,1-3H3/b8-4-/t9-,11+,13+,14-,15+,17-,18-/m0/s1. The average Bonchev–Trinajstić information content (AvgIpc) is 2.73. The van der Waals surface area contributed by atoms with Crippen LogP contribution in [0, 0.1) is 5.92 Å². The number of rotatable bonds is 6. The molecule has 7 atom stereocenters. The summed E-state index contributed by atoms with van der Waals surface area (Å²) in [5, 5.41) is 39.2. The van der Waals surface area contributed by atoms with Crippen LogP contribution in [0.25, 0.3) is 0 Å². The number of aliphatic hydroxyl groups excluding tert-OH is 4. The molecular formula is C18H26O11. The van der Waals surface area contributed by atoms with Gasteiger partial charge in [0.1, 0.15) is 24.4 Å². The first-order chi connectivity index (χ1) is 13.8. The second kappa shape index (κ2) is 10.1. The van der Waals surface area contributed by atoms with Gasteiger partial charge in [-0.05, 0) is 6.92 Å². The molecule has 0 aliphatic carbocycles. The SMILES string of the molecule is C/C=C1\[C@H](O[C@@H]2O[C@H](CO)[C@@H](O)[C@H](O)[C@H]2O)OC=C(C(=O)OC)[C@H]1CC(=O)OC. The van der Waals surface area contributed by atoms with Crippen molar-refractivity contribution in [3.63, 3.8) is 0 Å². The molecule has 0 bridgehead atoms. The van der Waals surface area contributed by atoms with Gasteiger partial charge in [-0.3, -0.25) is 4.79 Å². The maximum absolute atomic E-state index is 12.1. The second-order valence-electron chi connectivity index (χ2n) is 6.49. The highest BCUT2D eigenvalue weighted by Crippen LogP contribution is 2.36. The fourth-order valence-electron chi connectivity index (χ4n) is 3.18. The lowest BCUT2D eigenvalue weighted by Gasteiger charge is -2.41. The molecule has 164 valence electrons. The molecule has 11 heteroatoms. The zero-order valence-electron chi connectivity index (χ0n) is 16.3. The van der Waals surface area contributed by atoms with Crippen LogP contribution in [0.3, 0.4) is 0 Å². The monoisotopic (exact) mass is 418 g/mol.